The van der Waals surface area contributed by atoms with Gasteiger partial charge >= 0.3 is 6.01 Å². The molecular formula is C22H27ClN4O2. The third-order valence-corrected chi connectivity index (χ3v) is 6.00. The molecule has 154 valence electrons. The quantitative estimate of drug-likeness (QED) is 0.695. The largest absolute Gasteiger partial charge is 0.463 e. The molecule has 0 N–H and O–H groups in total. The van der Waals surface area contributed by atoms with Gasteiger partial charge in [0, 0.05) is 49.4 Å². The number of carbonyl (C=O) groups is 1. The van der Waals surface area contributed by atoms with E-state index in [1.165, 1.54) is 5.56 Å². The van der Waals surface area contributed by atoms with Gasteiger partial charge in [0.05, 0.1) is 6.61 Å². The minimum absolute atomic E-state index is 0.217. The van der Waals surface area contributed by atoms with Crippen molar-refractivity contribution in [1.82, 2.24) is 19.8 Å². The SMILES string of the molecule is O=C1CC(COc2ncccn2)CN1CC1CCN(Cc2cccc(Cl)c2)CC1. The number of piperidine rings is 1. The summed E-state index contributed by atoms with van der Waals surface area (Å²) in [5.41, 5.74) is 1.26. The van der Waals surface area contributed by atoms with Crippen molar-refractivity contribution in [2.24, 2.45) is 11.8 Å². The fourth-order valence-corrected chi connectivity index (χ4v) is 4.44. The van der Waals surface area contributed by atoms with Crippen LogP contribution in [-0.4, -0.2) is 58.5 Å². The van der Waals surface area contributed by atoms with Gasteiger partial charge in [-0.15, -0.1) is 0 Å². The first kappa shape index (κ1) is 20.1. The number of carbonyl (C=O) groups excluding carboxylic acids is 1. The van der Waals surface area contributed by atoms with Crippen LogP contribution in [0.1, 0.15) is 24.8 Å². The Morgan fingerprint density at radius 2 is 1.90 bits per heavy atom. The summed E-state index contributed by atoms with van der Waals surface area (Å²) in [5.74, 6) is 1.04. The molecule has 0 saturated carbocycles. The van der Waals surface area contributed by atoms with E-state index in [1.807, 2.05) is 23.1 Å². The summed E-state index contributed by atoms with van der Waals surface area (Å²) in [4.78, 5) is 25.1. The predicted octanol–water partition coefficient (Wildman–Crippen LogP) is 3.27. The Balaban J connectivity index is 1.19. The van der Waals surface area contributed by atoms with Crippen molar-refractivity contribution in [3.05, 3.63) is 53.3 Å². The lowest BCUT2D eigenvalue weighted by molar-refractivity contribution is -0.128. The molecule has 1 atom stereocenters. The first-order valence-electron chi connectivity index (χ1n) is 10.3. The minimum Gasteiger partial charge on any atom is -0.463 e. The third-order valence-electron chi connectivity index (χ3n) is 5.77. The van der Waals surface area contributed by atoms with Gasteiger partial charge in [0.25, 0.3) is 0 Å². The molecule has 29 heavy (non-hydrogen) atoms. The second kappa shape index (κ2) is 9.55. The van der Waals surface area contributed by atoms with Gasteiger partial charge in [0.1, 0.15) is 0 Å². The number of benzene rings is 1. The third kappa shape index (κ3) is 5.67. The summed E-state index contributed by atoms with van der Waals surface area (Å²) >= 11 is 6.09. The summed E-state index contributed by atoms with van der Waals surface area (Å²) in [7, 11) is 0. The standard InChI is InChI=1S/C22H27ClN4O2/c23-20-4-1-3-18(11-20)13-26-9-5-17(6-10-26)14-27-15-19(12-21(27)28)16-29-22-24-7-2-8-25-22/h1-4,7-8,11,17,19H,5-6,9-10,12-16H2. The van der Waals surface area contributed by atoms with Crippen LogP contribution in [-0.2, 0) is 11.3 Å². The van der Waals surface area contributed by atoms with Crippen LogP contribution >= 0.6 is 11.6 Å². The number of hydrogen-bond acceptors (Lipinski definition) is 5. The van der Waals surface area contributed by atoms with E-state index >= 15 is 0 Å². The number of likely N-dealkylation sites (tertiary alicyclic amines) is 2. The molecule has 3 heterocycles. The second-order valence-electron chi connectivity index (χ2n) is 8.06. The zero-order chi connectivity index (χ0) is 20.1. The lowest BCUT2D eigenvalue weighted by atomic mass is 9.96. The van der Waals surface area contributed by atoms with E-state index in [1.54, 1.807) is 18.5 Å². The van der Waals surface area contributed by atoms with Crippen LogP contribution in [0.3, 0.4) is 0 Å². The topological polar surface area (TPSA) is 58.6 Å². The van der Waals surface area contributed by atoms with Gasteiger partial charge in [0.2, 0.25) is 5.91 Å². The first-order chi connectivity index (χ1) is 14.2. The average Bonchev–Trinajstić information content (AvgIpc) is 3.08. The van der Waals surface area contributed by atoms with Crippen LogP contribution in [0.2, 0.25) is 5.02 Å². The number of rotatable bonds is 7. The van der Waals surface area contributed by atoms with Crippen LogP contribution < -0.4 is 4.74 Å². The van der Waals surface area contributed by atoms with Gasteiger partial charge < -0.3 is 9.64 Å². The molecular weight excluding hydrogens is 388 g/mol. The maximum atomic E-state index is 12.4. The zero-order valence-corrected chi connectivity index (χ0v) is 17.3. The molecule has 0 bridgehead atoms. The van der Waals surface area contributed by atoms with Gasteiger partial charge in [-0.3, -0.25) is 9.69 Å². The Hall–Kier alpha value is -2.18. The molecule has 2 aliphatic rings. The lowest BCUT2D eigenvalue weighted by Crippen LogP contribution is -2.39. The monoisotopic (exact) mass is 414 g/mol. The van der Waals surface area contributed by atoms with E-state index in [2.05, 4.69) is 20.9 Å². The van der Waals surface area contributed by atoms with E-state index in [9.17, 15) is 4.79 Å². The van der Waals surface area contributed by atoms with Gasteiger partial charge in [-0.1, -0.05) is 23.7 Å². The Kier molecular flexibility index (Phi) is 6.62. The number of ether oxygens (including phenoxy) is 1. The van der Waals surface area contributed by atoms with Crippen LogP contribution in [0.5, 0.6) is 6.01 Å². The summed E-state index contributed by atoms with van der Waals surface area (Å²) in [6.07, 6.45) is 6.13. The van der Waals surface area contributed by atoms with Crippen molar-refractivity contribution in [2.45, 2.75) is 25.8 Å². The van der Waals surface area contributed by atoms with Crippen molar-refractivity contribution in [3.63, 3.8) is 0 Å². The summed E-state index contributed by atoms with van der Waals surface area (Å²) < 4.78 is 5.64. The number of aromatic nitrogens is 2. The van der Waals surface area contributed by atoms with Gasteiger partial charge in [-0.25, -0.2) is 9.97 Å². The van der Waals surface area contributed by atoms with E-state index in [0.29, 0.717) is 25.0 Å². The molecule has 2 aromatic rings. The first-order valence-corrected chi connectivity index (χ1v) is 10.7. The molecule has 1 unspecified atom stereocenters. The molecule has 1 aromatic heterocycles. The van der Waals surface area contributed by atoms with Gasteiger partial charge in [-0.05, 0) is 55.6 Å². The average molecular weight is 415 g/mol. The van der Waals surface area contributed by atoms with Crippen molar-refractivity contribution >= 4 is 17.5 Å². The summed E-state index contributed by atoms with van der Waals surface area (Å²) in [6.45, 7) is 5.20. The molecule has 2 saturated heterocycles. The number of hydrogen-bond donors (Lipinski definition) is 0. The molecule has 4 rings (SSSR count). The lowest BCUT2D eigenvalue weighted by Gasteiger charge is -2.34. The fraction of sp³-hybridized carbons (Fsp3) is 0.500. The van der Waals surface area contributed by atoms with Crippen molar-refractivity contribution in [3.8, 4) is 6.01 Å². The molecule has 1 amide bonds. The smallest absolute Gasteiger partial charge is 0.316 e. The van der Waals surface area contributed by atoms with Crippen molar-refractivity contribution in [1.29, 1.82) is 0 Å². The van der Waals surface area contributed by atoms with Crippen LogP contribution in [0, 0.1) is 11.8 Å². The van der Waals surface area contributed by atoms with Crippen molar-refractivity contribution < 1.29 is 9.53 Å². The Morgan fingerprint density at radius 1 is 1.10 bits per heavy atom. The Labute approximate surface area is 176 Å². The molecule has 0 spiro atoms. The zero-order valence-electron chi connectivity index (χ0n) is 16.5. The normalized spacial score (nSPS) is 20.9. The highest BCUT2D eigenvalue weighted by Crippen LogP contribution is 2.25. The van der Waals surface area contributed by atoms with E-state index in [4.69, 9.17) is 16.3 Å². The van der Waals surface area contributed by atoms with Crippen LogP contribution in [0.15, 0.2) is 42.7 Å². The second-order valence-corrected chi connectivity index (χ2v) is 8.50. The Morgan fingerprint density at radius 3 is 2.66 bits per heavy atom. The number of amides is 1. The summed E-state index contributed by atoms with van der Waals surface area (Å²) in [6, 6.07) is 10.2. The van der Waals surface area contributed by atoms with E-state index in [-0.39, 0.29) is 11.8 Å². The fourth-order valence-electron chi connectivity index (χ4n) is 4.23. The molecule has 0 radical (unpaired) electrons. The highest BCUT2D eigenvalue weighted by atomic mass is 35.5. The van der Waals surface area contributed by atoms with Gasteiger partial charge in [0.15, 0.2) is 0 Å². The molecule has 2 aliphatic heterocycles. The molecule has 0 aliphatic carbocycles. The maximum absolute atomic E-state index is 12.4. The molecule has 7 heteroatoms. The number of nitrogens with zero attached hydrogens (tertiary/aromatic N) is 4. The number of halogens is 1. The van der Waals surface area contributed by atoms with E-state index in [0.717, 1.165) is 50.6 Å². The summed E-state index contributed by atoms with van der Waals surface area (Å²) in [5, 5.41) is 0.794. The maximum Gasteiger partial charge on any atom is 0.316 e. The van der Waals surface area contributed by atoms with Gasteiger partial charge in [-0.2, -0.15) is 0 Å². The van der Waals surface area contributed by atoms with Crippen molar-refractivity contribution in [2.75, 3.05) is 32.8 Å². The van der Waals surface area contributed by atoms with Crippen LogP contribution in [0.4, 0.5) is 0 Å². The predicted molar refractivity (Wildman–Crippen MR) is 112 cm³/mol. The van der Waals surface area contributed by atoms with E-state index < -0.39 is 0 Å². The Bertz CT molecular complexity index is 811. The molecule has 2 fully saturated rings. The molecule has 1 aromatic carbocycles. The van der Waals surface area contributed by atoms with Crippen LogP contribution in [0.25, 0.3) is 0 Å². The highest BCUT2D eigenvalue weighted by molar-refractivity contribution is 6.30. The highest BCUT2D eigenvalue weighted by Gasteiger charge is 2.32. The molecule has 6 nitrogen and oxygen atoms in total. The minimum atomic E-state index is 0.217.